The minimum Gasteiger partial charge on any atom is -0.446 e. The van der Waals surface area contributed by atoms with Crippen LogP contribution >= 0.6 is 0 Å². The number of nitrogens with zero attached hydrogens (tertiary/aromatic N) is 1. The van der Waals surface area contributed by atoms with Crippen molar-refractivity contribution < 1.29 is 19.1 Å². The highest BCUT2D eigenvalue weighted by Gasteiger charge is 2.58. The van der Waals surface area contributed by atoms with E-state index in [9.17, 15) is 9.59 Å². The molecule has 1 saturated heterocycles. The first-order valence-electron chi connectivity index (χ1n) is 17.7. The average molecular weight is 585 g/mol. The number of amides is 2. The number of alkyl carbamates (subject to hydrolysis) is 1. The number of hydrogen-bond donors (Lipinski definition) is 1. The quantitative estimate of drug-likeness (QED) is 0.197. The maximum absolute atomic E-state index is 12.7. The first-order valence-corrected chi connectivity index (χ1v) is 17.7. The Kier molecular flexibility index (Phi) is 10.3. The lowest BCUT2D eigenvalue weighted by Crippen LogP contribution is -2.50. The standard InChI is InChI=1S/C36H60N2O4/c1-6-7-8-9-10-11-12-26-14-16-30-29-15-13-27-23-28(17-20-36(27,4)31(29)18-21-35(26,30)3)42-34(40)37-24-33(39)38-22-19-32(41-5)25(38)2/h13,25-26,28-32H,6-12,14-24H2,1-5H3,(H,37,40)/t25-,26-,28?,29?,30?,31?,32-,35+,36-/m0/s1. The number of rotatable bonds is 11. The Balaban J connectivity index is 1.11. The molecule has 1 heterocycles. The first-order chi connectivity index (χ1) is 20.2. The van der Waals surface area contributed by atoms with E-state index in [4.69, 9.17) is 9.47 Å². The predicted octanol–water partition coefficient (Wildman–Crippen LogP) is 8.05. The number of unbranched alkanes of at least 4 members (excludes halogenated alkanes) is 5. The van der Waals surface area contributed by atoms with E-state index in [0.29, 0.717) is 12.0 Å². The van der Waals surface area contributed by atoms with Crippen molar-refractivity contribution in [3.63, 3.8) is 0 Å². The average Bonchev–Trinajstić information content (AvgIpc) is 3.52. The van der Waals surface area contributed by atoms with Gasteiger partial charge in [0.1, 0.15) is 12.6 Å². The smallest absolute Gasteiger partial charge is 0.407 e. The Morgan fingerprint density at radius 2 is 1.79 bits per heavy atom. The van der Waals surface area contributed by atoms with Crippen LogP contribution in [0.5, 0.6) is 0 Å². The monoisotopic (exact) mass is 584 g/mol. The van der Waals surface area contributed by atoms with Crippen LogP contribution in [-0.4, -0.2) is 55.3 Å². The summed E-state index contributed by atoms with van der Waals surface area (Å²) in [7, 11) is 1.69. The van der Waals surface area contributed by atoms with Crippen molar-refractivity contribution in [2.75, 3.05) is 20.2 Å². The number of allylic oxidation sites excluding steroid dienone is 1. The molecule has 5 aliphatic rings. The second-order valence-corrected chi connectivity index (χ2v) is 15.1. The Hall–Kier alpha value is -1.56. The van der Waals surface area contributed by atoms with Gasteiger partial charge in [-0.1, -0.05) is 70.9 Å². The zero-order valence-corrected chi connectivity index (χ0v) is 27.4. The van der Waals surface area contributed by atoms with Crippen LogP contribution in [-0.2, 0) is 14.3 Å². The molecular weight excluding hydrogens is 524 g/mol. The predicted molar refractivity (Wildman–Crippen MR) is 168 cm³/mol. The van der Waals surface area contributed by atoms with Crippen LogP contribution < -0.4 is 5.32 Å². The summed E-state index contributed by atoms with van der Waals surface area (Å²) in [6.45, 7) is 10.2. The summed E-state index contributed by atoms with van der Waals surface area (Å²) >= 11 is 0. The van der Waals surface area contributed by atoms with Gasteiger partial charge in [0.2, 0.25) is 5.91 Å². The van der Waals surface area contributed by atoms with Gasteiger partial charge in [0.25, 0.3) is 0 Å². The molecule has 0 aromatic rings. The van der Waals surface area contributed by atoms with Crippen molar-refractivity contribution in [1.82, 2.24) is 10.2 Å². The summed E-state index contributed by atoms with van der Waals surface area (Å²) in [6, 6.07) is 0.0338. The van der Waals surface area contributed by atoms with E-state index in [1.165, 1.54) is 82.6 Å². The van der Waals surface area contributed by atoms with Crippen molar-refractivity contribution >= 4 is 12.0 Å². The van der Waals surface area contributed by atoms with Crippen molar-refractivity contribution in [2.24, 2.45) is 34.5 Å². The highest BCUT2D eigenvalue weighted by molar-refractivity contribution is 5.82. The summed E-state index contributed by atoms with van der Waals surface area (Å²) in [6.07, 6.45) is 22.5. The van der Waals surface area contributed by atoms with Crippen LogP contribution in [0.3, 0.4) is 0 Å². The minimum atomic E-state index is -0.461. The zero-order chi connectivity index (χ0) is 29.9. The van der Waals surface area contributed by atoms with E-state index >= 15 is 0 Å². The lowest BCUT2D eigenvalue weighted by atomic mass is 9.47. The number of ether oxygens (including phenoxy) is 2. The van der Waals surface area contributed by atoms with Crippen molar-refractivity contribution in [2.45, 2.75) is 149 Å². The van der Waals surface area contributed by atoms with E-state index in [1.807, 2.05) is 6.92 Å². The Bertz CT molecular complexity index is 981. The molecule has 0 radical (unpaired) electrons. The Labute approximate surface area is 256 Å². The summed E-state index contributed by atoms with van der Waals surface area (Å²) in [5.74, 6) is 3.34. The van der Waals surface area contributed by atoms with Crippen LogP contribution in [0, 0.1) is 34.5 Å². The van der Waals surface area contributed by atoms with Crippen molar-refractivity contribution in [3.8, 4) is 0 Å². The maximum atomic E-state index is 12.7. The number of likely N-dealkylation sites (tertiary alicyclic amines) is 1. The van der Waals surface area contributed by atoms with Crippen molar-refractivity contribution in [3.05, 3.63) is 11.6 Å². The van der Waals surface area contributed by atoms with Crippen LogP contribution in [0.1, 0.15) is 130 Å². The van der Waals surface area contributed by atoms with Gasteiger partial charge in [0, 0.05) is 20.1 Å². The molecule has 0 aromatic heterocycles. The van der Waals surface area contributed by atoms with Crippen LogP contribution in [0.15, 0.2) is 11.6 Å². The van der Waals surface area contributed by atoms with Gasteiger partial charge in [0.15, 0.2) is 0 Å². The van der Waals surface area contributed by atoms with Gasteiger partial charge in [-0.2, -0.15) is 0 Å². The molecule has 238 valence electrons. The molecule has 6 heteroatoms. The van der Waals surface area contributed by atoms with Crippen molar-refractivity contribution in [1.29, 1.82) is 0 Å². The molecule has 9 atom stereocenters. The third-order valence-corrected chi connectivity index (χ3v) is 13.1. The summed E-state index contributed by atoms with van der Waals surface area (Å²) in [5, 5.41) is 2.73. The Morgan fingerprint density at radius 3 is 2.55 bits per heavy atom. The number of methoxy groups -OCH3 is 1. The largest absolute Gasteiger partial charge is 0.446 e. The summed E-state index contributed by atoms with van der Waals surface area (Å²) < 4.78 is 11.3. The summed E-state index contributed by atoms with van der Waals surface area (Å²) in [5.41, 5.74) is 2.32. The molecule has 4 fully saturated rings. The fourth-order valence-corrected chi connectivity index (χ4v) is 10.5. The van der Waals surface area contributed by atoms with E-state index in [-0.39, 0.29) is 36.1 Å². The molecule has 0 bridgehead atoms. The number of carbonyl (C=O) groups excluding carboxylic acids is 2. The molecule has 4 unspecified atom stereocenters. The van der Waals surface area contributed by atoms with Gasteiger partial charge in [-0.05, 0) is 99.2 Å². The van der Waals surface area contributed by atoms with Gasteiger partial charge < -0.3 is 19.7 Å². The number of carbonyl (C=O) groups is 2. The Morgan fingerprint density at radius 1 is 1.00 bits per heavy atom. The van der Waals surface area contributed by atoms with E-state index < -0.39 is 6.09 Å². The molecule has 1 aliphatic heterocycles. The molecule has 5 rings (SSSR count). The molecular formula is C36H60N2O4. The molecule has 0 aromatic carbocycles. The van der Waals surface area contributed by atoms with Gasteiger partial charge in [0.05, 0.1) is 12.1 Å². The second-order valence-electron chi connectivity index (χ2n) is 15.1. The summed E-state index contributed by atoms with van der Waals surface area (Å²) in [4.78, 5) is 27.2. The number of hydrogen-bond acceptors (Lipinski definition) is 4. The van der Waals surface area contributed by atoms with E-state index in [2.05, 4.69) is 32.2 Å². The SMILES string of the molecule is CCCCCCCC[C@H]1CCC2C3CC=C4CC(OC(=O)NCC(=O)N5CC[C@H](OC)[C@@H]5C)CC[C@]4(C)C3CC[C@@]21C. The van der Waals surface area contributed by atoms with Gasteiger partial charge >= 0.3 is 6.09 Å². The molecule has 2 amide bonds. The highest BCUT2D eigenvalue weighted by Crippen LogP contribution is 2.66. The fraction of sp³-hybridized carbons (Fsp3) is 0.889. The number of nitrogens with one attached hydrogen (secondary N) is 1. The molecule has 3 saturated carbocycles. The molecule has 0 spiro atoms. The molecule has 6 nitrogen and oxygen atoms in total. The van der Waals surface area contributed by atoms with E-state index in [0.717, 1.165) is 49.4 Å². The van der Waals surface area contributed by atoms with Crippen LogP contribution in [0.2, 0.25) is 0 Å². The van der Waals surface area contributed by atoms with Crippen LogP contribution in [0.4, 0.5) is 4.79 Å². The zero-order valence-electron chi connectivity index (χ0n) is 27.4. The molecule has 1 N–H and O–H groups in total. The second kappa shape index (κ2) is 13.6. The van der Waals surface area contributed by atoms with Crippen LogP contribution in [0.25, 0.3) is 0 Å². The molecule has 42 heavy (non-hydrogen) atoms. The van der Waals surface area contributed by atoms with E-state index in [1.54, 1.807) is 12.0 Å². The normalized spacial score (nSPS) is 39.2. The lowest BCUT2D eigenvalue weighted by Gasteiger charge is -2.58. The van der Waals surface area contributed by atoms with Gasteiger partial charge in [-0.15, -0.1) is 0 Å². The molecule has 4 aliphatic carbocycles. The topological polar surface area (TPSA) is 67.9 Å². The fourth-order valence-electron chi connectivity index (χ4n) is 10.5. The highest BCUT2D eigenvalue weighted by atomic mass is 16.6. The third-order valence-electron chi connectivity index (χ3n) is 13.1. The maximum Gasteiger partial charge on any atom is 0.407 e. The first kappa shape index (κ1) is 31.9. The van der Waals surface area contributed by atoms with Gasteiger partial charge in [-0.3, -0.25) is 4.79 Å². The van der Waals surface area contributed by atoms with Gasteiger partial charge in [-0.25, -0.2) is 4.79 Å². The number of fused-ring (bicyclic) bond motifs is 5. The minimum absolute atomic E-state index is 0.0174. The third kappa shape index (κ3) is 6.31. The lowest BCUT2D eigenvalue weighted by molar-refractivity contribution is -0.131.